The SMILES string of the molecule is CCC1NCC(c2cccc(C)c2C)CC1NC(=O)C(F)(F)F. The van der Waals surface area contributed by atoms with Crippen molar-refractivity contribution in [2.24, 2.45) is 0 Å². The number of carbonyl (C=O) groups excluding carboxylic acids is 1. The van der Waals surface area contributed by atoms with Gasteiger partial charge in [0.05, 0.1) is 0 Å². The van der Waals surface area contributed by atoms with Crippen molar-refractivity contribution in [3.05, 3.63) is 34.9 Å². The number of carbonyl (C=O) groups is 1. The molecule has 128 valence electrons. The van der Waals surface area contributed by atoms with Crippen LogP contribution in [0, 0.1) is 13.8 Å². The molecule has 0 aliphatic carbocycles. The molecule has 3 nitrogen and oxygen atoms in total. The van der Waals surface area contributed by atoms with E-state index in [-0.39, 0.29) is 12.0 Å². The molecule has 0 saturated carbocycles. The normalized spacial score (nSPS) is 25.2. The molecular formula is C17H23F3N2O. The van der Waals surface area contributed by atoms with Gasteiger partial charge < -0.3 is 10.6 Å². The average molecular weight is 328 g/mol. The van der Waals surface area contributed by atoms with Gasteiger partial charge in [0.1, 0.15) is 0 Å². The molecule has 1 heterocycles. The van der Waals surface area contributed by atoms with Crippen LogP contribution < -0.4 is 10.6 Å². The number of piperidine rings is 1. The van der Waals surface area contributed by atoms with Crippen LogP contribution in [-0.2, 0) is 4.79 Å². The summed E-state index contributed by atoms with van der Waals surface area (Å²) in [5.41, 5.74) is 3.46. The summed E-state index contributed by atoms with van der Waals surface area (Å²) in [4.78, 5) is 11.3. The van der Waals surface area contributed by atoms with Crippen LogP contribution in [0.4, 0.5) is 13.2 Å². The first kappa shape index (κ1) is 17.8. The molecule has 0 aromatic heterocycles. The lowest BCUT2D eigenvalue weighted by atomic mass is 9.82. The lowest BCUT2D eigenvalue weighted by molar-refractivity contribution is -0.174. The van der Waals surface area contributed by atoms with Crippen molar-refractivity contribution in [3.8, 4) is 0 Å². The Bertz CT molecular complexity index is 571. The summed E-state index contributed by atoms with van der Waals surface area (Å²) in [5, 5.41) is 5.46. The predicted molar refractivity (Wildman–Crippen MR) is 83.3 cm³/mol. The lowest BCUT2D eigenvalue weighted by Gasteiger charge is -2.38. The van der Waals surface area contributed by atoms with Gasteiger partial charge in [-0.05, 0) is 49.3 Å². The molecule has 23 heavy (non-hydrogen) atoms. The van der Waals surface area contributed by atoms with Gasteiger partial charge in [0.2, 0.25) is 0 Å². The molecule has 1 aliphatic rings. The van der Waals surface area contributed by atoms with Crippen LogP contribution in [0.5, 0.6) is 0 Å². The minimum absolute atomic E-state index is 0.0937. The maximum Gasteiger partial charge on any atom is 0.471 e. The van der Waals surface area contributed by atoms with Crippen LogP contribution in [0.2, 0.25) is 0 Å². The number of hydrogen-bond donors (Lipinski definition) is 2. The van der Waals surface area contributed by atoms with E-state index in [1.165, 1.54) is 0 Å². The highest BCUT2D eigenvalue weighted by molar-refractivity contribution is 5.82. The monoisotopic (exact) mass is 328 g/mol. The molecule has 2 N–H and O–H groups in total. The molecule has 0 spiro atoms. The summed E-state index contributed by atoms with van der Waals surface area (Å²) in [5.74, 6) is -1.76. The fraction of sp³-hybridized carbons (Fsp3) is 0.588. The van der Waals surface area contributed by atoms with Gasteiger partial charge in [-0.3, -0.25) is 4.79 Å². The Kier molecular flexibility index (Phi) is 5.34. The van der Waals surface area contributed by atoms with Crippen molar-refractivity contribution in [3.63, 3.8) is 0 Å². The van der Waals surface area contributed by atoms with E-state index in [4.69, 9.17) is 0 Å². The van der Waals surface area contributed by atoms with Crippen LogP contribution in [0.1, 0.15) is 42.4 Å². The van der Waals surface area contributed by atoms with Crippen LogP contribution in [0.3, 0.4) is 0 Å². The van der Waals surface area contributed by atoms with E-state index in [9.17, 15) is 18.0 Å². The van der Waals surface area contributed by atoms with E-state index in [0.717, 1.165) is 16.7 Å². The van der Waals surface area contributed by atoms with Gasteiger partial charge in [-0.15, -0.1) is 0 Å². The molecule has 1 aromatic carbocycles. The van der Waals surface area contributed by atoms with Crippen molar-refractivity contribution in [2.75, 3.05) is 6.54 Å². The van der Waals surface area contributed by atoms with Gasteiger partial charge in [0.15, 0.2) is 0 Å². The fourth-order valence-electron chi connectivity index (χ4n) is 3.28. The number of amides is 1. The minimum Gasteiger partial charge on any atom is -0.344 e. The highest BCUT2D eigenvalue weighted by Crippen LogP contribution is 2.30. The molecule has 1 saturated heterocycles. The fourth-order valence-corrected chi connectivity index (χ4v) is 3.28. The second-order valence-corrected chi connectivity index (χ2v) is 6.22. The number of nitrogens with one attached hydrogen (secondary N) is 2. The zero-order valence-corrected chi connectivity index (χ0v) is 13.6. The molecule has 1 aliphatic heterocycles. The topological polar surface area (TPSA) is 41.1 Å². The van der Waals surface area contributed by atoms with Crippen LogP contribution in [0.25, 0.3) is 0 Å². The lowest BCUT2D eigenvalue weighted by Crippen LogP contribution is -2.57. The first-order valence-corrected chi connectivity index (χ1v) is 7.91. The van der Waals surface area contributed by atoms with E-state index in [2.05, 4.69) is 10.6 Å². The third-order valence-electron chi connectivity index (χ3n) is 4.75. The number of halogens is 3. The molecule has 2 rings (SSSR count). The molecular weight excluding hydrogens is 305 g/mol. The van der Waals surface area contributed by atoms with E-state index >= 15 is 0 Å². The molecule has 3 unspecified atom stereocenters. The number of aryl methyl sites for hydroxylation is 1. The van der Waals surface area contributed by atoms with Crippen molar-refractivity contribution in [1.29, 1.82) is 0 Å². The molecule has 6 heteroatoms. The van der Waals surface area contributed by atoms with Crippen molar-refractivity contribution < 1.29 is 18.0 Å². The Morgan fingerprint density at radius 2 is 2.04 bits per heavy atom. The first-order valence-electron chi connectivity index (χ1n) is 7.91. The van der Waals surface area contributed by atoms with Gasteiger partial charge in [-0.25, -0.2) is 0 Å². The zero-order valence-electron chi connectivity index (χ0n) is 13.6. The Hall–Kier alpha value is -1.56. The summed E-state index contributed by atoms with van der Waals surface area (Å²) < 4.78 is 37.6. The van der Waals surface area contributed by atoms with Gasteiger partial charge in [0.25, 0.3) is 0 Å². The predicted octanol–water partition coefficient (Wildman–Crippen LogP) is 3.21. The van der Waals surface area contributed by atoms with Gasteiger partial charge in [-0.2, -0.15) is 13.2 Å². The number of benzene rings is 1. The molecule has 0 radical (unpaired) electrons. The number of alkyl halides is 3. The maximum absolute atomic E-state index is 12.5. The Morgan fingerprint density at radius 1 is 1.35 bits per heavy atom. The second kappa shape index (κ2) is 6.91. The van der Waals surface area contributed by atoms with Crippen LogP contribution in [-0.4, -0.2) is 30.7 Å². The van der Waals surface area contributed by atoms with Crippen molar-refractivity contribution >= 4 is 5.91 Å². The smallest absolute Gasteiger partial charge is 0.344 e. The maximum atomic E-state index is 12.5. The molecule has 1 aromatic rings. The van der Waals surface area contributed by atoms with Gasteiger partial charge in [-0.1, -0.05) is 25.1 Å². The summed E-state index contributed by atoms with van der Waals surface area (Å²) in [6, 6.07) is 5.35. The average Bonchev–Trinajstić information content (AvgIpc) is 2.49. The minimum atomic E-state index is -4.84. The number of hydrogen-bond acceptors (Lipinski definition) is 2. The second-order valence-electron chi connectivity index (χ2n) is 6.22. The Morgan fingerprint density at radius 3 is 2.65 bits per heavy atom. The van der Waals surface area contributed by atoms with Gasteiger partial charge in [0, 0.05) is 18.6 Å². The Labute approximate surface area is 134 Å². The Balaban J connectivity index is 2.17. The largest absolute Gasteiger partial charge is 0.471 e. The highest BCUT2D eigenvalue weighted by Gasteiger charge is 2.42. The van der Waals surface area contributed by atoms with Crippen LogP contribution >= 0.6 is 0 Å². The summed E-state index contributed by atoms with van der Waals surface area (Å²) in [6.07, 6.45) is -3.66. The quantitative estimate of drug-likeness (QED) is 0.895. The summed E-state index contributed by atoms with van der Waals surface area (Å²) in [7, 11) is 0. The molecule has 1 amide bonds. The third kappa shape index (κ3) is 4.05. The van der Waals surface area contributed by atoms with E-state index in [1.54, 1.807) is 0 Å². The summed E-state index contributed by atoms with van der Waals surface area (Å²) >= 11 is 0. The number of rotatable bonds is 3. The van der Waals surface area contributed by atoms with E-state index < -0.39 is 18.1 Å². The summed E-state index contributed by atoms with van der Waals surface area (Å²) in [6.45, 7) is 6.66. The molecule has 1 fully saturated rings. The van der Waals surface area contributed by atoms with E-state index in [0.29, 0.717) is 19.4 Å². The zero-order chi connectivity index (χ0) is 17.2. The van der Waals surface area contributed by atoms with E-state index in [1.807, 2.05) is 39.0 Å². The van der Waals surface area contributed by atoms with Crippen LogP contribution in [0.15, 0.2) is 18.2 Å². The molecule has 3 atom stereocenters. The first-order chi connectivity index (χ1) is 10.7. The van der Waals surface area contributed by atoms with Crippen molar-refractivity contribution in [1.82, 2.24) is 10.6 Å². The third-order valence-corrected chi connectivity index (χ3v) is 4.75. The highest BCUT2D eigenvalue weighted by atomic mass is 19.4. The van der Waals surface area contributed by atoms with Crippen molar-refractivity contribution in [2.45, 2.75) is 57.8 Å². The van der Waals surface area contributed by atoms with Gasteiger partial charge >= 0.3 is 12.1 Å². The standard InChI is InChI=1S/C17H23F3N2O/c1-4-14-15(22-16(23)17(18,19)20)8-12(9-21-14)13-7-5-6-10(2)11(13)3/h5-7,12,14-15,21H,4,8-9H2,1-3H3,(H,22,23). The molecule has 0 bridgehead atoms.